The maximum Gasteiger partial charge on any atom is 0.280 e. The second-order valence-corrected chi connectivity index (χ2v) is 8.56. The summed E-state index contributed by atoms with van der Waals surface area (Å²) in [5, 5.41) is 3.85. The molecule has 0 amide bonds. The minimum atomic E-state index is -3.98. The van der Waals surface area contributed by atoms with Gasteiger partial charge in [-0.3, -0.25) is 0 Å². The van der Waals surface area contributed by atoms with Crippen molar-refractivity contribution < 1.29 is 31.8 Å². The predicted octanol–water partition coefficient (Wildman–Crippen LogP) is 4.13. The summed E-state index contributed by atoms with van der Waals surface area (Å²) in [7, 11) is -1.15. The van der Waals surface area contributed by atoms with E-state index in [0.29, 0.717) is 35.0 Å². The molecule has 3 aromatic rings. The molecule has 10 heteroatoms. The molecule has 8 nitrogen and oxygen atoms in total. The third kappa shape index (κ3) is 6.38. The summed E-state index contributed by atoms with van der Waals surface area (Å²) in [6, 6.07) is 15.5. The summed E-state index contributed by atoms with van der Waals surface area (Å²) in [5.74, 6) is 1.16. The van der Waals surface area contributed by atoms with Crippen LogP contribution in [0, 0.1) is 5.82 Å². The lowest BCUT2D eigenvalue weighted by atomic mass is 10.2. The Labute approximate surface area is 198 Å². The second-order valence-electron chi connectivity index (χ2n) is 6.93. The molecule has 0 aliphatic rings. The van der Waals surface area contributed by atoms with E-state index >= 15 is 0 Å². The van der Waals surface area contributed by atoms with E-state index in [-0.39, 0.29) is 23.1 Å². The fourth-order valence-corrected chi connectivity index (χ4v) is 3.94. The number of sulfonamides is 1. The highest BCUT2D eigenvalue weighted by atomic mass is 32.2. The number of benzene rings is 3. The molecule has 0 atom stereocenters. The van der Waals surface area contributed by atoms with Gasteiger partial charge in [0.25, 0.3) is 10.0 Å². The first-order valence-corrected chi connectivity index (χ1v) is 11.8. The van der Waals surface area contributed by atoms with Crippen LogP contribution < -0.4 is 23.8 Å². The zero-order chi connectivity index (χ0) is 24.6. The van der Waals surface area contributed by atoms with Crippen molar-refractivity contribution in [2.45, 2.75) is 18.4 Å². The van der Waals surface area contributed by atoms with E-state index in [1.165, 1.54) is 50.8 Å². The van der Waals surface area contributed by atoms with E-state index in [9.17, 15) is 12.8 Å². The van der Waals surface area contributed by atoms with Crippen LogP contribution in [0.25, 0.3) is 0 Å². The van der Waals surface area contributed by atoms with Crippen molar-refractivity contribution in [1.29, 1.82) is 0 Å². The normalized spacial score (nSPS) is 11.3. The number of methoxy groups -OCH3 is 2. The summed E-state index contributed by atoms with van der Waals surface area (Å²) in [6.45, 7) is 2.38. The molecule has 34 heavy (non-hydrogen) atoms. The third-order valence-electron chi connectivity index (χ3n) is 4.60. The van der Waals surface area contributed by atoms with Crippen molar-refractivity contribution in [3.8, 4) is 23.0 Å². The molecule has 0 aliphatic heterocycles. The van der Waals surface area contributed by atoms with Crippen LogP contribution in [-0.4, -0.2) is 35.5 Å². The zero-order valence-corrected chi connectivity index (χ0v) is 19.8. The molecule has 0 aliphatic carbocycles. The van der Waals surface area contributed by atoms with Gasteiger partial charge in [-0.05, 0) is 60.5 Å². The van der Waals surface area contributed by atoms with Gasteiger partial charge in [-0.1, -0.05) is 12.1 Å². The molecule has 0 saturated carbocycles. The number of hydrogen-bond donors (Lipinski definition) is 1. The van der Waals surface area contributed by atoms with Crippen molar-refractivity contribution >= 4 is 16.2 Å². The Bertz CT molecular complexity index is 1260. The Balaban J connectivity index is 1.73. The van der Waals surface area contributed by atoms with E-state index in [2.05, 4.69) is 9.93 Å². The number of hydrogen-bond acceptors (Lipinski definition) is 7. The number of nitrogens with zero attached hydrogens (tertiary/aromatic N) is 1. The fourth-order valence-electron chi connectivity index (χ4n) is 3.00. The largest absolute Gasteiger partial charge is 0.497 e. The number of ether oxygens (including phenoxy) is 4. The zero-order valence-electron chi connectivity index (χ0n) is 18.9. The highest BCUT2D eigenvalue weighted by Crippen LogP contribution is 2.30. The predicted molar refractivity (Wildman–Crippen MR) is 126 cm³/mol. The number of nitrogens with one attached hydrogen (secondary N) is 1. The Morgan fingerprint density at radius 2 is 1.76 bits per heavy atom. The lowest BCUT2D eigenvalue weighted by Crippen LogP contribution is -2.19. The van der Waals surface area contributed by atoms with Gasteiger partial charge in [0.15, 0.2) is 11.5 Å². The van der Waals surface area contributed by atoms with E-state index < -0.39 is 10.0 Å². The topological polar surface area (TPSA) is 95.5 Å². The molecule has 0 heterocycles. The van der Waals surface area contributed by atoms with Gasteiger partial charge in [-0.15, -0.1) is 0 Å². The molecule has 0 spiro atoms. The average molecular weight is 489 g/mol. The molecule has 0 bridgehead atoms. The molecule has 180 valence electrons. The van der Waals surface area contributed by atoms with Crippen LogP contribution >= 0.6 is 0 Å². The van der Waals surface area contributed by atoms with Crippen LogP contribution in [-0.2, 0) is 16.6 Å². The van der Waals surface area contributed by atoms with Gasteiger partial charge in [-0.25, -0.2) is 4.39 Å². The first-order chi connectivity index (χ1) is 16.4. The monoisotopic (exact) mass is 488 g/mol. The van der Waals surface area contributed by atoms with E-state index in [1.54, 1.807) is 30.3 Å². The molecule has 0 fully saturated rings. The van der Waals surface area contributed by atoms with Gasteiger partial charge in [0, 0.05) is 6.07 Å². The van der Waals surface area contributed by atoms with Crippen LogP contribution in [0.15, 0.2) is 70.7 Å². The van der Waals surface area contributed by atoms with Crippen molar-refractivity contribution in [2.75, 3.05) is 20.8 Å². The van der Waals surface area contributed by atoms with Gasteiger partial charge >= 0.3 is 0 Å². The van der Waals surface area contributed by atoms with E-state index in [0.717, 1.165) is 0 Å². The standard InChI is InChI=1S/C24H25FN2O6S/c1-4-32-22-13-17(8-10-21(22)33-16-18-6-5-7-19(25)12-18)15-26-27-34(28,29)24-11-9-20(30-2)14-23(24)31-3/h5-15,27H,4,16H2,1-3H3/b26-15-. The number of halogens is 1. The van der Waals surface area contributed by atoms with Gasteiger partial charge in [0.05, 0.1) is 27.0 Å². The molecular weight excluding hydrogens is 463 g/mol. The van der Waals surface area contributed by atoms with Gasteiger partial charge in [0.1, 0.15) is 28.8 Å². The van der Waals surface area contributed by atoms with Crippen molar-refractivity contribution in [2.24, 2.45) is 5.10 Å². The lowest BCUT2D eigenvalue weighted by Gasteiger charge is -2.13. The Morgan fingerprint density at radius 1 is 0.941 bits per heavy atom. The maximum atomic E-state index is 13.4. The van der Waals surface area contributed by atoms with Crippen LogP contribution in [0.2, 0.25) is 0 Å². The van der Waals surface area contributed by atoms with Gasteiger partial charge < -0.3 is 18.9 Å². The number of rotatable bonds is 11. The molecule has 0 radical (unpaired) electrons. The fraction of sp³-hybridized carbons (Fsp3) is 0.208. The van der Waals surface area contributed by atoms with Crippen molar-refractivity contribution in [1.82, 2.24) is 4.83 Å². The maximum absolute atomic E-state index is 13.4. The Kier molecular flexibility index (Phi) is 8.31. The smallest absolute Gasteiger partial charge is 0.280 e. The van der Waals surface area contributed by atoms with E-state index in [1.807, 2.05) is 6.92 Å². The summed E-state index contributed by atoms with van der Waals surface area (Å²) < 4.78 is 60.3. The van der Waals surface area contributed by atoms with E-state index in [4.69, 9.17) is 18.9 Å². The summed E-state index contributed by atoms with van der Waals surface area (Å²) in [5.41, 5.74) is 1.25. The summed E-state index contributed by atoms with van der Waals surface area (Å²) >= 11 is 0. The quantitative estimate of drug-likeness (QED) is 0.322. The minimum absolute atomic E-state index is 0.0796. The highest BCUT2D eigenvalue weighted by molar-refractivity contribution is 7.89. The Morgan fingerprint density at radius 3 is 2.47 bits per heavy atom. The molecule has 1 N–H and O–H groups in total. The first-order valence-electron chi connectivity index (χ1n) is 10.3. The van der Waals surface area contributed by atoms with Gasteiger partial charge in [0.2, 0.25) is 0 Å². The molecule has 0 aromatic heterocycles. The van der Waals surface area contributed by atoms with Crippen molar-refractivity contribution in [3.05, 3.63) is 77.6 Å². The molecule has 0 saturated heterocycles. The third-order valence-corrected chi connectivity index (χ3v) is 5.86. The molecular formula is C24H25FN2O6S. The Hall–Kier alpha value is -3.79. The van der Waals surface area contributed by atoms with Crippen molar-refractivity contribution in [3.63, 3.8) is 0 Å². The minimum Gasteiger partial charge on any atom is -0.497 e. The summed E-state index contributed by atoms with van der Waals surface area (Å²) in [4.78, 5) is 2.09. The van der Waals surface area contributed by atoms with Crippen LogP contribution in [0.5, 0.6) is 23.0 Å². The van der Waals surface area contributed by atoms with Crippen LogP contribution in [0.4, 0.5) is 4.39 Å². The molecule has 0 unspecified atom stereocenters. The summed E-state index contributed by atoms with van der Waals surface area (Å²) in [6.07, 6.45) is 1.34. The van der Waals surface area contributed by atoms with Gasteiger partial charge in [-0.2, -0.15) is 18.4 Å². The molecule has 3 rings (SSSR count). The lowest BCUT2D eigenvalue weighted by molar-refractivity contribution is 0.269. The number of hydrazone groups is 1. The SMILES string of the molecule is CCOc1cc(/C=N\NS(=O)(=O)c2ccc(OC)cc2OC)ccc1OCc1cccc(F)c1. The average Bonchev–Trinajstić information content (AvgIpc) is 2.83. The molecule has 3 aromatic carbocycles. The highest BCUT2D eigenvalue weighted by Gasteiger charge is 2.19. The first kappa shape index (κ1) is 24.8. The van der Waals surface area contributed by atoms with Crippen LogP contribution in [0.1, 0.15) is 18.1 Å². The van der Waals surface area contributed by atoms with Crippen LogP contribution in [0.3, 0.4) is 0 Å². The second kappa shape index (κ2) is 11.4.